The fraction of sp³-hybridized carbons (Fsp3) is 0.444. The van der Waals surface area contributed by atoms with Crippen molar-refractivity contribution in [1.29, 1.82) is 0 Å². The second-order valence-corrected chi connectivity index (χ2v) is 6.45. The Morgan fingerprint density at radius 2 is 2.08 bits per heavy atom. The summed E-state index contributed by atoms with van der Waals surface area (Å²) in [4.78, 5) is 11.1. The van der Waals surface area contributed by atoms with Crippen LogP contribution in [0.25, 0.3) is 0 Å². The molecular weight excluding hydrogens is 326 g/mol. The number of hydrogen-bond donors (Lipinski definition) is 0. The first-order valence-corrected chi connectivity index (χ1v) is 8.46. The van der Waals surface area contributed by atoms with Crippen molar-refractivity contribution in [1.82, 2.24) is 14.9 Å². The Kier molecular flexibility index (Phi) is 5.66. The fourth-order valence-corrected chi connectivity index (χ4v) is 3.20. The highest BCUT2D eigenvalue weighted by atomic mass is 35.5. The summed E-state index contributed by atoms with van der Waals surface area (Å²) in [6.07, 6.45) is 4.53. The lowest BCUT2D eigenvalue weighted by Gasteiger charge is -2.19. The first kappa shape index (κ1) is 17.1. The van der Waals surface area contributed by atoms with Crippen LogP contribution in [0.15, 0.2) is 24.5 Å². The van der Waals surface area contributed by atoms with Crippen LogP contribution in [0.1, 0.15) is 22.5 Å². The molecule has 24 heavy (non-hydrogen) atoms. The molecule has 0 amide bonds. The summed E-state index contributed by atoms with van der Waals surface area (Å²) in [5, 5.41) is 0.692. The first-order chi connectivity index (χ1) is 11.7. The van der Waals surface area contributed by atoms with E-state index in [0.29, 0.717) is 18.2 Å². The van der Waals surface area contributed by atoms with Crippen LogP contribution in [0.5, 0.6) is 5.75 Å². The molecule has 0 aliphatic carbocycles. The molecule has 2 aromatic rings. The van der Waals surface area contributed by atoms with Gasteiger partial charge in [-0.3, -0.25) is 4.90 Å². The number of aryl methyl sites for hydroxylation is 1. The first-order valence-electron chi connectivity index (χ1n) is 8.08. The molecule has 2 heterocycles. The normalized spacial score (nSPS) is 14.8. The van der Waals surface area contributed by atoms with Gasteiger partial charge in [0.1, 0.15) is 18.2 Å². The number of fused-ring (bicyclic) bond motifs is 1. The maximum absolute atomic E-state index is 6.31. The van der Waals surface area contributed by atoms with E-state index in [1.165, 1.54) is 0 Å². The zero-order valence-electron chi connectivity index (χ0n) is 14.1. The maximum Gasteiger partial charge on any atom is 0.142 e. The third kappa shape index (κ3) is 4.23. The van der Waals surface area contributed by atoms with Gasteiger partial charge in [-0.15, -0.1) is 0 Å². The van der Waals surface area contributed by atoms with Crippen molar-refractivity contribution in [3.63, 3.8) is 0 Å². The highest BCUT2D eigenvalue weighted by molar-refractivity contribution is 6.32. The van der Waals surface area contributed by atoms with Crippen LogP contribution in [0.2, 0.25) is 5.02 Å². The fourth-order valence-electron chi connectivity index (χ4n) is 2.86. The smallest absolute Gasteiger partial charge is 0.142 e. The van der Waals surface area contributed by atoms with Crippen molar-refractivity contribution in [2.24, 2.45) is 0 Å². The maximum atomic E-state index is 6.31. The van der Waals surface area contributed by atoms with Gasteiger partial charge in [-0.2, -0.15) is 0 Å². The molecule has 1 aromatic carbocycles. The second-order valence-electron chi connectivity index (χ2n) is 6.04. The number of halogens is 1. The molecule has 1 aliphatic heterocycles. The van der Waals surface area contributed by atoms with Gasteiger partial charge in [-0.05, 0) is 18.6 Å². The topological polar surface area (TPSA) is 47.5 Å². The van der Waals surface area contributed by atoms with Crippen LogP contribution in [0.3, 0.4) is 0 Å². The van der Waals surface area contributed by atoms with E-state index in [4.69, 9.17) is 21.1 Å². The third-order valence-electron chi connectivity index (χ3n) is 4.01. The summed E-state index contributed by atoms with van der Waals surface area (Å²) >= 11 is 6.31. The van der Waals surface area contributed by atoms with Gasteiger partial charge in [0.2, 0.25) is 0 Å². The molecular formula is C18H22ClN3O2. The molecule has 0 bridgehead atoms. The third-order valence-corrected chi connectivity index (χ3v) is 4.29. The van der Waals surface area contributed by atoms with Gasteiger partial charge in [0.05, 0.1) is 11.6 Å². The average Bonchev–Trinajstić information content (AvgIpc) is 2.76. The summed E-state index contributed by atoms with van der Waals surface area (Å²) in [6, 6.07) is 4.09. The molecule has 0 N–H and O–H groups in total. The minimum Gasteiger partial charge on any atom is -0.490 e. The Morgan fingerprint density at radius 3 is 2.83 bits per heavy atom. The lowest BCUT2D eigenvalue weighted by molar-refractivity contribution is 0.200. The van der Waals surface area contributed by atoms with Crippen LogP contribution in [-0.4, -0.2) is 41.7 Å². The van der Waals surface area contributed by atoms with Crippen molar-refractivity contribution < 1.29 is 9.47 Å². The highest BCUT2D eigenvalue weighted by Crippen LogP contribution is 2.33. The number of aromatic nitrogens is 2. The largest absolute Gasteiger partial charge is 0.490 e. The van der Waals surface area contributed by atoms with Gasteiger partial charge < -0.3 is 9.47 Å². The lowest BCUT2D eigenvalue weighted by Crippen LogP contribution is -2.25. The van der Waals surface area contributed by atoms with Crippen molar-refractivity contribution in [2.45, 2.75) is 26.4 Å². The Morgan fingerprint density at radius 1 is 1.29 bits per heavy atom. The van der Waals surface area contributed by atoms with Crippen LogP contribution in [-0.2, 0) is 24.2 Å². The lowest BCUT2D eigenvalue weighted by atomic mass is 10.1. The van der Waals surface area contributed by atoms with Gasteiger partial charge in [-0.1, -0.05) is 17.7 Å². The van der Waals surface area contributed by atoms with Gasteiger partial charge in [0.15, 0.2) is 0 Å². The zero-order valence-corrected chi connectivity index (χ0v) is 14.8. The molecule has 0 saturated heterocycles. The summed E-state index contributed by atoms with van der Waals surface area (Å²) in [7, 11) is 1.68. The number of ether oxygens (including phenoxy) is 2. The zero-order chi connectivity index (χ0) is 16.9. The van der Waals surface area contributed by atoms with Crippen molar-refractivity contribution >= 4 is 11.6 Å². The molecule has 5 nitrogen and oxygen atoms in total. The van der Waals surface area contributed by atoms with Crippen LogP contribution in [0.4, 0.5) is 0 Å². The summed E-state index contributed by atoms with van der Waals surface area (Å²) < 4.78 is 10.9. The molecule has 0 atom stereocenters. The molecule has 3 rings (SSSR count). The van der Waals surface area contributed by atoms with Crippen molar-refractivity contribution in [2.75, 3.05) is 26.9 Å². The molecule has 0 spiro atoms. The van der Waals surface area contributed by atoms with E-state index < -0.39 is 0 Å². The SMILES string of the molecule is COCCc1ncc(CN2CCOc3c(Cl)cc(C)cc3C2)cn1. The minimum atomic E-state index is 0.628. The van der Waals surface area contributed by atoms with E-state index in [1.807, 2.05) is 25.4 Å². The predicted octanol–water partition coefficient (Wildman–Crippen LogP) is 3.02. The molecule has 0 radical (unpaired) electrons. The van der Waals surface area contributed by atoms with Gasteiger partial charge in [0, 0.05) is 56.7 Å². The van der Waals surface area contributed by atoms with Crippen LogP contribution >= 0.6 is 11.6 Å². The number of rotatable bonds is 5. The van der Waals surface area contributed by atoms with E-state index in [0.717, 1.165) is 54.3 Å². The van der Waals surface area contributed by atoms with E-state index in [-0.39, 0.29) is 0 Å². The van der Waals surface area contributed by atoms with Gasteiger partial charge >= 0.3 is 0 Å². The standard InChI is InChI=1S/C18H22ClN3O2/c1-13-7-15-12-22(4-6-24-18(15)16(19)8-13)11-14-9-20-17(21-10-14)3-5-23-2/h7-10H,3-6,11-12H2,1-2H3. The molecule has 128 valence electrons. The molecule has 0 fully saturated rings. The van der Waals surface area contributed by atoms with E-state index in [9.17, 15) is 0 Å². The van der Waals surface area contributed by atoms with Crippen LogP contribution in [0, 0.1) is 6.92 Å². The van der Waals surface area contributed by atoms with Crippen LogP contribution < -0.4 is 4.74 Å². The van der Waals surface area contributed by atoms with Gasteiger partial charge in [0.25, 0.3) is 0 Å². The van der Waals surface area contributed by atoms with E-state index in [2.05, 4.69) is 20.9 Å². The quantitative estimate of drug-likeness (QED) is 0.832. The van der Waals surface area contributed by atoms with Gasteiger partial charge in [-0.25, -0.2) is 9.97 Å². The molecule has 6 heteroatoms. The number of hydrogen-bond acceptors (Lipinski definition) is 5. The molecule has 0 saturated carbocycles. The summed E-state index contributed by atoms with van der Waals surface area (Å²) in [5.74, 6) is 1.63. The molecule has 1 aliphatic rings. The van der Waals surface area contributed by atoms with E-state index in [1.54, 1.807) is 7.11 Å². The van der Waals surface area contributed by atoms with Crippen molar-refractivity contribution in [3.8, 4) is 5.75 Å². The Bertz CT molecular complexity index is 691. The average molecular weight is 348 g/mol. The Labute approximate surface area is 147 Å². The highest BCUT2D eigenvalue weighted by Gasteiger charge is 2.18. The molecule has 0 unspecified atom stereocenters. The summed E-state index contributed by atoms with van der Waals surface area (Å²) in [5.41, 5.74) is 3.38. The molecule has 1 aromatic heterocycles. The number of benzene rings is 1. The number of nitrogens with zero attached hydrogens (tertiary/aromatic N) is 3. The Balaban J connectivity index is 1.69. The minimum absolute atomic E-state index is 0.628. The van der Waals surface area contributed by atoms with E-state index >= 15 is 0 Å². The predicted molar refractivity (Wildman–Crippen MR) is 93.4 cm³/mol. The summed E-state index contributed by atoms with van der Waals surface area (Å²) in [6.45, 7) is 5.76. The monoisotopic (exact) mass is 347 g/mol. The Hall–Kier alpha value is -1.69. The van der Waals surface area contributed by atoms with Crippen molar-refractivity contribution in [3.05, 3.63) is 52.1 Å². The number of methoxy groups -OCH3 is 1. The second kappa shape index (κ2) is 7.92.